The van der Waals surface area contributed by atoms with Crippen molar-refractivity contribution in [1.29, 1.82) is 0 Å². The second kappa shape index (κ2) is 36.5. The van der Waals surface area contributed by atoms with Crippen molar-refractivity contribution in [2.45, 2.75) is 0 Å². The van der Waals surface area contributed by atoms with Crippen LogP contribution in [-0.2, 0) is 10.4 Å². The van der Waals surface area contributed by atoms with Crippen LogP contribution in [0.15, 0.2) is 0 Å². The van der Waals surface area contributed by atoms with Gasteiger partial charge in [-0.25, -0.2) is 0 Å². The summed E-state index contributed by atoms with van der Waals surface area (Å²) in [7, 11) is 5.14. The maximum absolute atomic E-state index is 8.74. The first-order chi connectivity index (χ1) is 4.41. The van der Waals surface area contributed by atoms with E-state index in [0.717, 1.165) is 0 Å². The zero-order valence-corrected chi connectivity index (χ0v) is 13.8. The van der Waals surface area contributed by atoms with Gasteiger partial charge < -0.3 is 18.1 Å². The fraction of sp³-hybridized carbons (Fsp3) is 0. The van der Waals surface area contributed by atoms with Gasteiger partial charge in [0.1, 0.15) is 0 Å². The summed E-state index contributed by atoms with van der Waals surface area (Å²) in [5, 5.41) is 0. The molecule has 0 fully saturated rings. The fourth-order valence-electron chi connectivity index (χ4n) is 0. The van der Waals surface area contributed by atoms with Crippen molar-refractivity contribution in [3.05, 3.63) is 0 Å². The van der Waals surface area contributed by atoms with E-state index < -0.39 is 28.6 Å². The van der Waals surface area contributed by atoms with Gasteiger partial charge >= 0.3 is 162 Å². The first kappa shape index (κ1) is 42.7. The van der Waals surface area contributed by atoms with E-state index in [2.05, 4.69) is 0 Å². The third-order valence-corrected chi connectivity index (χ3v) is 0. The summed E-state index contributed by atoms with van der Waals surface area (Å²) in [6.07, 6.45) is 0. The Kier molecular flexibility index (Phi) is 111. The summed E-state index contributed by atoms with van der Waals surface area (Å²) in [5.41, 5.74) is 0. The summed E-state index contributed by atoms with van der Waals surface area (Å²) in [4.78, 5) is 0. The quantitative estimate of drug-likeness (QED) is 0.413. The second-order valence-electron chi connectivity index (χ2n) is 0.549. The Balaban J connectivity index is -0.00000000993. The molecule has 0 saturated heterocycles. The molecule has 72 valence electrons. The van der Waals surface area contributed by atoms with E-state index in [1.165, 1.54) is 0 Å². The van der Waals surface area contributed by atoms with Crippen LogP contribution < -0.4 is 0 Å². The van der Waals surface area contributed by atoms with E-state index in [0.29, 0.717) is 47.1 Å². The zero-order valence-electron chi connectivity index (χ0n) is 5.37. The normalized spacial score (nSPS) is 5.36. The SMILES string of the molecule is Cl.O=S(=O)(O)O.[Cl][K].[Cl][Mg][Cl].[MgH2].[NaH].[NaH]. The van der Waals surface area contributed by atoms with E-state index in [1.54, 1.807) is 0 Å². The van der Waals surface area contributed by atoms with E-state index in [9.17, 15) is 0 Å². The molecule has 0 saturated carbocycles. The number of rotatable bonds is 0. The predicted molar refractivity (Wildman–Crippen MR) is 73.3 cm³/mol. The Bertz CT molecular complexity index is 127. The Labute approximate surface area is 203 Å². The van der Waals surface area contributed by atoms with E-state index >= 15 is 0 Å². The van der Waals surface area contributed by atoms with E-state index in [1.807, 2.05) is 0 Å². The summed E-state index contributed by atoms with van der Waals surface area (Å²) < 4.78 is 36.4. The van der Waals surface area contributed by atoms with Crippen molar-refractivity contribution in [3.63, 3.8) is 0 Å². The van der Waals surface area contributed by atoms with Gasteiger partial charge in [0.05, 0.1) is 0 Å². The van der Waals surface area contributed by atoms with Gasteiger partial charge in [-0.2, -0.15) is 8.42 Å². The first-order valence-corrected chi connectivity index (χ1v) is 11.6. The predicted octanol–water partition coefficient (Wildman–Crippen LogP) is -1.14. The first-order valence-electron chi connectivity index (χ1n) is 1.61. The molecule has 0 aliphatic rings. The number of halogens is 4. The molecule has 0 bridgehead atoms. The van der Waals surface area contributed by atoms with Crippen LogP contribution in [-0.4, -0.2) is 165 Å². The third-order valence-electron chi connectivity index (χ3n) is 0. The van der Waals surface area contributed by atoms with Gasteiger partial charge in [0.25, 0.3) is 0 Å². The maximum atomic E-state index is 8.74. The Hall–Kier alpha value is 6.20. The van der Waals surface area contributed by atoms with Crippen LogP contribution in [0.5, 0.6) is 0 Å². The molecule has 0 radical (unpaired) electrons. The van der Waals surface area contributed by atoms with Crippen molar-refractivity contribution in [2.75, 3.05) is 0 Å². The number of hydrogen-bond acceptors (Lipinski definition) is 2. The molecule has 14 heavy (non-hydrogen) atoms. The van der Waals surface area contributed by atoms with Gasteiger partial charge in [-0.3, -0.25) is 9.11 Å². The molecule has 0 atom stereocenters. The fourth-order valence-corrected chi connectivity index (χ4v) is 0. The van der Waals surface area contributed by atoms with Gasteiger partial charge in [-0.15, -0.1) is 12.4 Å². The minimum absolute atomic E-state index is 0. The van der Waals surface area contributed by atoms with Crippen molar-refractivity contribution < 1.29 is 17.5 Å². The topological polar surface area (TPSA) is 74.6 Å². The molecular formula is H7Cl4KMg2Na2O4S. The van der Waals surface area contributed by atoms with Gasteiger partial charge in [0.15, 0.2) is 0 Å². The molecular weight excluding hydrogens is 372 g/mol. The summed E-state index contributed by atoms with van der Waals surface area (Å²) in [5.74, 6) is 0. The van der Waals surface area contributed by atoms with Crippen molar-refractivity contribution in [1.82, 2.24) is 0 Å². The molecule has 2 N–H and O–H groups in total. The molecule has 0 heterocycles. The van der Waals surface area contributed by atoms with Gasteiger partial charge in [-0.05, 0) is 0 Å². The molecule has 4 nitrogen and oxygen atoms in total. The van der Waals surface area contributed by atoms with Crippen LogP contribution in [0.1, 0.15) is 0 Å². The average Bonchev–Trinajstić information content (AvgIpc) is 1.68. The Morgan fingerprint density at radius 2 is 1.07 bits per heavy atom. The zero-order chi connectivity index (χ0) is 9.21. The van der Waals surface area contributed by atoms with Crippen LogP contribution in [0.4, 0.5) is 0 Å². The molecule has 0 aliphatic carbocycles. The molecule has 0 aromatic heterocycles. The van der Waals surface area contributed by atoms with Gasteiger partial charge in [-0.1, -0.05) is 0 Å². The van der Waals surface area contributed by atoms with Gasteiger partial charge in [0, 0.05) is 0 Å². The van der Waals surface area contributed by atoms with Crippen LogP contribution >= 0.6 is 34.3 Å². The molecule has 0 aliphatic heterocycles. The minimum atomic E-state index is -4.67. The monoisotopic (exact) mass is 376 g/mol. The Morgan fingerprint density at radius 1 is 1.07 bits per heavy atom. The average molecular weight is 379 g/mol. The summed E-state index contributed by atoms with van der Waals surface area (Å²) in [6, 6.07) is 0. The molecule has 0 rings (SSSR count). The van der Waals surface area contributed by atoms with Crippen LogP contribution in [0.2, 0.25) is 0 Å². The molecule has 0 aromatic carbocycles. The third kappa shape index (κ3) is 140. The summed E-state index contributed by atoms with van der Waals surface area (Å²) >= 11 is -0.104. The summed E-state index contributed by atoms with van der Waals surface area (Å²) in [6.45, 7) is 0. The molecule has 14 heteroatoms. The van der Waals surface area contributed by atoms with Crippen LogP contribution in [0.25, 0.3) is 0 Å². The molecule has 0 amide bonds. The molecule has 0 aromatic rings. The standard InChI is InChI=1S/4ClH.K.2Mg.2Na.H2O4S.4H/c;;;;;;;;;1-5(2,3)4;;;;/h4*1H;;;;;;(H2,1,2,3,4);;;;/q;;;;+1;;+2;;;;;;;/p-3. The van der Waals surface area contributed by atoms with Crippen LogP contribution in [0.3, 0.4) is 0 Å². The number of hydrogen-bond donors (Lipinski definition) is 2. The second-order valence-corrected chi connectivity index (χ2v) is 4.07. The van der Waals surface area contributed by atoms with Crippen molar-refractivity contribution in [2.24, 2.45) is 0 Å². The van der Waals surface area contributed by atoms with E-state index in [4.69, 9.17) is 39.4 Å². The molecule has 0 spiro atoms. The molecule has 0 unspecified atom stereocenters. The van der Waals surface area contributed by atoms with E-state index in [-0.39, 0.29) is 94.6 Å². The van der Waals surface area contributed by atoms with Crippen molar-refractivity contribution >= 4 is 192 Å². The Morgan fingerprint density at radius 3 is 1.07 bits per heavy atom. The van der Waals surface area contributed by atoms with Gasteiger partial charge in [0.2, 0.25) is 0 Å². The van der Waals surface area contributed by atoms with Crippen molar-refractivity contribution in [3.8, 4) is 0 Å². The van der Waals surface area contributed by atoms with Crippen LogP contribution in [0, 0.1) is 0 Å².